The molecule has 1 amide bonds. The highest BCUT2D eigenvalue weighted by molar-refractivity contribution is 6.02. The SMILES string of the molecule is CC(C)C1(c2ccccn2)CC(c2cnc(-c3ccccn3)c(CNC(=O)OC(C)(C)C)c2)=NO1. The smallest absolute Gasteiger partial charge is 0.407 e. The maximum absolute atomic E-state index is 12.3. The van der Waals surface area contributed by atoms with E-state index in [1.54, 1.807) is 18.6 Å². The lowest BCUT2D eigenvalue weighted by molar-refractivity contribution is -0.0625. The van der Waals surface area contributed by atoms with Gasteiger partial charge >= 0.3 is 6.09 Å². The topological polar surface area (TPSA) is 98.6 Å². The largest absolute Gasteiger partial charge is 0.444 e. The summed E-state index contributed by atoms with van der Waals surface area (Å²) in [4.78, 5) is 32.1. The van der Waals surface area contributed by atoms with Gasteiger partial charge in [0.1, 0.15) is 5.60 Å². The Morgan fingerprint density at radius 3 is 2.49 bits per heavy atom. The highest BCUT2D eigenvalue weighted by atomic mass is 16.7. The maximum Gasteiger partial charge on any atom is 0.407 e. The molecule has 1 aliphatic rings. The molecule has 8 nitrogen and oxygen atoms in total. The number of ether oxygens (including phenoxy) is 1. The van der Waals surface area contributed by atoms with Gasteiger partial charge in [0, 0.05) is 43.0 Å². The van der Waals surface area contributed by atoms with E-state index in [2.05, 4.69) is 34.3 Å². The van der Waals surface area contributed by atoms with E-state index in [9.17, 15) is 4.79 Å². The molecule has 182 valence electrons. The molecule has 35 heavy (non-hydrogen) atoms. The van der Waals surface area contributed by atoms with Crippen molar-refractivity contribution < 1.29 is 14.4 Å². The third-order valence-electron chi connectivity index (χ3n) is 5.81. The molecule has 0 bridgehead atoms. The van der Waals surface area contributed by atoms with Crippen LogP contribution in [0.15, 0.2) is 66.2 Å². The Bertz CT molecular complexity index is 1210. The van der Waals surface area contributed by atoms with Crippen LogP contribution in [0.2, 0.25) is 0 Å². The maximum atomic E-state index is 12.3. The summed E-state index contributed by atoms with van der Waals surface area (Å²) < 4.78 is 5.40. The Hall–Kier alpha value is -3.81. The van der Waals surface area contributed by atoms with E-state index in [0.29, 0.717) is 12.1 Å². The number of alkyl carbamates (subject to hydrolysis) is 1. The average Bonchev–Trinajstić information content (AvgIpc) is 3.30. The van der Waals surface area contributed by atoms with Gasteiger partial charge in [-0.05, 0) is 56.7 Å². The Labute approximate surface area is 205 Å². The Morgan fingerprint density at radius 2 is 1.86 bits per heavy atom. The van der Waals surface area contributed by atoms with Crippen molar-refractivity contribution in [3.63, 3.8) is 0 Å². The van der Waals surface area contributed by atoms with E-state index in [1.165, 1.54) is 0 Å². The molecule has 0 radical (unpaired) electrons. The lowest BCUT2D eigenvalue weighted by atomic mass is 9.81. The number of nitrogens with zero attached hydrogens (tertiary/aromatic N) is 4. The second-order valence-electron chi connectivity index (χ2n) is 9.87. The molecule has 0 spiro atoms. The first-order chi connectivity index (χ1) is 16.7. The molecule has 0 fully saturated rings. The number of hydrogen-bond acceptors (Lipinski definition) is 7. The molecule has 1 aliphatic heterocycles. The third kappa shape index (κ3) is 5.48. The van der Waals surface area contributed by atoms with E-state index >= 15 is 0 Å². The quantitative estimate of drug-likeness (QED) is 0.526. The van der Waals surface area contributed by atoms with Gasteiger partial charge < -0.3 is 14.9 Å². The van der Waals surface area contributed by atoms with Gasteiger partial charge in [-0.15, -0.1) is 0 Å². The van der Waals surface area contributed by atoms with Gasteiger partial charge in [-0.3, -0.25) is 15.0 Å². The summed E-state index contributed by atoms with van der Waals surface area (Å²) in [6, 6.07) is 13.4. The predicted molar refractivity (Wildman–Crippen MR) is 134 cm³/mol. The van der Waals surface area contributed by atoms with E-state index in [1.807, 2.05) is 63.2 Å². The van der Waals surface area contributed by atoms with Crippen LogP contribution in [0.4, 0.5) is 4.79 Å². The number of oxime groups is 1. The van der Waals surface area contributed by atoms with Crippen molar-refractivity contribution in [2.75, 3.05) is 0 Å². The van der Waals surface area contributed by atoms with Gasteiger partial charge in [0.25, 0.3) is 0 Å². The number of carbonyl (C=O) groups excluding carboxylic acids is 1. The standard InChI is InChI=1S/C27H31N5O3/c1-18(2)27(23-11-7-9-13-29-23)15-22(32-35-27)19-14-20(17-31-25(33)34-26(3,4)5)24(30-16-19)21-10-6-8-12-28-21/h6-14,16,18H,15,17H2,1-5H3,(H,31,33). The van der Waals surface area contributed by atoms with Crippen LogP contribution in [0.5, 0.6) is 0 Å². The van der Waals surface area contributed by atoms with E-state index in [4.69, 9.17) is 14.6 Å². The molecule has 4 rings (SSSR count). The first-order valence-electron chi connectivity index (χ1n) is 11.7. The zero-order chi connectivity index (χ0) is 25.1. The number of rotatable bonds is 6. The van der Waals surface area contributed by atoms with Crippen LogP contribution in [0, 0.1) is 5.92 Å². The van der Waals surface area contributed by atoms with Crippen molar-refractivity contribution in [2.45, 2.75) is 58.8 Å². The summed E-state index contributed by atoms with van der Waals surface area (Å²) in [6.07, 6.45) is 5.33. The zero-order valence-corrected chi connectivity index (χ0v) is 20.8. The lowest BCUT2D eigenvalue weighted by Crippen LogP contribution is -2.33. The second kappa shape index (κ2) is 9.82. The van der Waals surface area contributed by atoms with Crippen molar-refractivity contribution in [1.82, 2.24) is 20.3 Å². The highest BCUT2D eigenvalue weighted by Crippen LogP contribution is 2.41. The molecule has 0 saturated carbocycles. The van der Waals surface area contributed by atoms with Gasteiger partial charge in [-0.1, -0.05) is 31.1 Å². The first-order valence-corrected chi connectivity index (χ1v) is 11.7. The minimum atomic E-state index is -0.648. The molecule has 4 heterocycles. The summed E-state index contributed by atoms with van der Waals surface area (Å²) in [6.45, 7) is 9.92. The van der Waals surface area contributed by atoms with E-state index < -0.39 is 17.3 Å². The van der Waals surface area contributed by atoms with Crippen LogP contribution < -0.4 is 5.32 Å². The summed E-state index contributed by atoms with van der Waals surface area (Å²) in [7, 11) is 0. The van der Waals surface area contributed by atoms with Crippen molar-refractivity contribution in [3.05, 3.63) is 77.9 Å². The number of nitrogens with one attached hydrogen (secondary N) is 1. The zero-order valence-electron chi connectivity index (χ0n) is 20.8. The molecular formula is C27H31N5O3. The summed E-state index contributed by atoms with van der Waals surface area (Å²) in [5, 5.41) is 7.29. The van der Waals surface area contributed by atoms with Crippen LogP contribution in [0.3, 0.4) is 0 Å². The molecule has 1 unspecified atom stereocenters. The van der Waals surface area contributed by atoms with E-state index in [-0.39, 0.29) is 12.5 Å². The van der Waals surface area contributed by atoms with Gasteiger partial charge in [-0.2, -0.15) is 0 Å². The molecule has 0 aromatic carbocycles. The Kier molecular flexibility index (Phi) is 6.82. The molecule has 0 saturated heterocycles. The minimum absolute atomic E-state index is 0.146. The van der Waals surface area contributed by atoms with Crippen LogP contribution in [-0.2, 0) is 21.7 Å². The second-order valence-corrected chi connectivity index (χ2v) is 9.87. The van der Waals surface area contributed by atoms with Crippen LogP contribution >= 0.6 is 0 Å². The van der Waals surface area contributed by atoms with Crippen LogP contribution in [0.1, 0.15) is 57.9 Å². The minimum Gasteiger partial charge on any atom is -0.444 e. The lowest BCUT2D eigenvalue weighted by Gasteiger charge is -2.30. The van der Waals surface area contributed by atoms with Crippen molar-refractivity contribution in [1.29, 1.82) is 0 Å². The number of carbonyl (C=O) groups is 1. The fraction of sp³-hybridized carbons (Fsp3) is 0.370. The predicted octanol–water partition coefficient (Wildman–Crippen LogP) is 5.24. The fourth-order valence-corrected chi connectivity index (χ4v) is 3.98. The first kappa shape index (κ1) is 24.3. The molecule has 0 aliphatic carbocycles. The average molecular weight is 474 g/mol. The van der Waals surface area contributed by atoms with Gasteiger partial charge in [0.15, 0.2) is 5.60 Å². The molecule has 1 N–H and O–H groups in total. The number of amides is 1. The molecular weight excluding hydrogens is 442 g/mol. The molecule has 3 aromatic rings. The third-order valence-corrected chi connectivity index (χ3v) is 5.81. The normalized spacial score (nSPS) is 17.6. The van der Waals surface area contributed by atoms with Crippen molar-refractivity contribution >= 4 is 11.8 Å². The summed E-state index contributed by atoms with van der Waals surface area (Å²) in [5.74, 6) is 0.146. The number of pyridine rings is 3. The number of hydrogen-bond donors (Lipinski definition) is 1. The number of aromatic nitrogens is 3. The van der Waals surface area contributed by atoms with E-state index in [0.717, 1.165) is 28.2 Å². The highest BCUT2D eigenvalue weighted by Gasteiger charge is 2.45. The van der Waals surface area contributed by atoms with Crippen LogP contribution in [-0.4, -0.2) is 32.4 Å². The summed E-state index contributed by atoms with van der Waals surface area (Å²) >= 11 is 0. The van der Waals surface area contributed by atoms with Gasteiger partial charge in [0.2, 0.25) is 0 Å². The Balaban J connectivity index is 1.64. The fourth-order valence-electron chi connectivity index (χ4n) is 3.98. The molecule has 8 heteroatoms. The van der Waals surface area contributed by atoms with Gasteiger partial charge in [-0.25, -0.2) is 4.79 Å². The summed E-state index contributed by atoms with van der Waals surface area (Å²) in [5.41, 5.74) is 3.42. The monoisotopic (exact) mass is 473 g/mol. The van der Waals surface area contributed by atoms with Crippen molar-refractivity contribution in [3.8, 4) is 11.4 Å². The molecule has 3 aromatic heterocycles. The van der Waals surface area contributed by atoms with Gasteiger partial charge in [0.05, 0.1) is 22.8 Å². The van der Waals surface area contributed by atoms with Crippen molar-refractivity contribution in [2.24, 2.45) is 11.1 Å². The molecule has 1 atom stereocenters. The Morgan fingerprint density at radius 1 is 1.11 bits per heavy atom. The van der Waals surface area contributed by atoms with Crippen LogP contribution in [0.25, 0.3) is 11.4 Å².